The van der Waals surface area contributed by atoms with Gasteiger partial charge in [0.2, 0.25) is 12.7 Å². The molecule has 7 heteroatoms. The van der Waals surface area contributed by atoms with E-state index in [0.717, 1.165) is 39.6 Å². The van der Waals surface area contributed by atoms with Gasteiger partial charge >= 0.3 is 0 Å². The lowest BCUT2D eigenvalue weighted by molar-refractivity contribution is -0.126. The zero-order chi connectivity index (χ0) is 22.4. The van der Waals surface area contributed by atoms with Crippen molar-refractivity contribution >= 4 is 12.0 Å². The Kier molecular flexibility index (Phi) is 4.54. The average Bonchev–Trinajstić information content (AvgIpc) is 3.61. The summed E-state index contributed by atoms with van der Waals surface area (Å²) in [6.07, 6.45) is 7.43. The third-order valence-corrected chi connectivity index (χ3v) is 6.05. The summed E-state index contributed by atoms with van der Waals surface area (Å²) in [5.74, 6) is 2.35. The lowest BCUT2D eigenvalue weighted by atomic mass is 10.2. The van der Waals surface area contributed by atoms with Crippen LogP contribution in [0.2, 0.25) is 0 Å². The Hall–Kier alpha value is -4.26. The van der Waals surface area contributed by atoms with E-state index >= 15 is 0 Å². The van der Waals surface area contributed by atoms with Crippen LogP contribution in [0.25, 0.3) is 17.6 Å². The minimum absolute atomic E-state index is 0.0495. The standard InChI is InChI=1S/C26H22N4O3/c1-18-6-2-3-7-22(18)30-26(28-12-4-5-13-28)20-15-29(16-21(20)27-30)25(31)11-9-19-8-10-23-24(14-19)33-17-32-23/h2-14H,15-17H2,1H3. The van der Waals surface area contributed by atoms with E-state index in [2.05, 4.69) is 23.6 Å². The van der Waals surface area contributed by atoms with Crippen LogP contribution in [0, 0.1) is 6.92 Å². The predicted octanol–water partition coefficient (Wildman–Crippen LogP) is 4.26. The number of nitrogens with zero attached hydrogens (tertiary/aromatic N) is 4. The van der Waals surface area contributed by atoms with Gasteiger partial charge < -0.3 is 18.9 Å². The minimum Gasteiger partial charge on any atom is -0.454 e. The third kappa shape index (κ3) is 3.38. The second kappa shape index (κ2) is 7.70. The van der Waals surface area contributed by atoms with Crippen LogP contribution >= 0.6 is 0 Å². The molecule has 0 atom stereocenters. The van der Waals surface area contributed by atoms with Crippen LogP contribution in [-0.4, -0.2) is 31.9 Å². The molecule has 0 saturated carbocycles. The van der Waals surface area contributed by atoms with E-state index in [1.165, 1.54) is 0 Å². The van der Waals surface area contributed by atoms with Gasteiger partial charge in [0, 0.05) is 24.0 Å². The number of para-hydroxylation sites is 1. The molecule has 0 spiro atoms. The molecule has 0 saturated heterocycles. The van der Waals surface area contributed by atoms with Gasteiger partial charge in [-0.05, 0) is 54.5 Å². The summed E-state index contributed by atoms with van der Waals surface area (Å²) in [5, 5.41) is 4.92. The van der Waals surface area contributed by atoms with Crippen LogP contribution in [0.3, 0.4) is 0 Å². The molecular formula is C26H22N4O3. The molecule has 0 fully saturated rings. The Labute approximate surface area is 191 Å². The van der Waals surface area contributed by atoms with E-state index in [1.807, 2.05) is 64.4 Å². The van der Waals surface area contributed by atoms with Gasteiger partial charge in [-0.1, -0.05) is 24.3 Å². The first-order valence-electron chi connectivity index (χ1n) is 10.8. The summed E-state index contributed by atoms with van der Waals surface area (Å²) in [5.41, 5.74) is 5.07. The highest BCUT2D eigenvalue weighted by Gasteiger charge is 2.30. The van der Waals surface area contributed by atoms with Crippen LogP contribution in [0.15, 0.2) is 73.1 Å². The molecule has 0 N–H and O–H groups in total. The number of aryl methyl sites for hydroxylation is 1. The summed E-state index contributed by atoms with van der Waals surface area (Å²) < 4.78 is 14.8. The highest BCUT2D eigenvalue weighted by atomic mass is 16.7. The molecule has 2 aliphatic rings. The van der Waals surface area contributed by atoms with Crippen molar-refractivity contribution in [3.8, 4) is 23.0 Å². The maximum atomic E-state index is 13.0. The van der Waals surface area contributed by atoms with Gasteiger partial charge in [-0.15, -0.1) is 0 Å². The summed E-state index contributed by atoms with van der Waals surface area (Å²) in [4.78, 5) is 14.8. The van der Waals surface area contributed by atoms with Crippen molar-refractivity contribution in [1.82, 2.24) is 19.2 Å². The maximum absolute atomic E-state index is 13.0. The first-order valence-corrected chi connectivity index (χ1v) is 10.8. The van der Waals surface area contributed by atoms with E-state index in [0.29, 0.717) is 18.8 Å². The fraction of sp³-hybridized carbons (Fsp3) is 0.154. The van der Waals surface area contributed by atoms with Crippen molar-refractivity contribution in [3.63, 3.8) is 0 Å². The molecule has 0 aliphatic carbocycles. The Bertz CT molecular complexity index is 1380. The number of fused-ring (bicyclic) bond motifs is 2. The number of carbonyl (C=O) groups excluding carboxylic acids is 1. The molecule has 2 aliphatic heterocycles. The quantitative estimate of drug-likeness (QED) is 0.447. The molecule has 7 nitrogen and oxygen atoms in total. The molecule has 6 rings (SSSR count). The van der Waals surface area contributed by atoms with Gasteiger partial charge in [-0.25, -0.2) is 4.68 Å². The molecule has 4 heterocycles. The first-order chi connectivity index (χ1) is 16.2. The van der Waals surface area contributed by atoms with E-state index in [4.69, 9.17) is 14.6 Å². The molecule has 1 amide bonds. The van der Waals surface area contributed by atoms with Crippen LogP contribution in [0.5, 0.6) is 11.5 Å². The zero-order valence-corrected chi connectivity index (χ0v) is 18.1. The topological polar surface area (TPSA) is 61.5 Å². The molecule has 2 aromatic heterocycles. The van der Waals surface area contributed by atoms with Gasteiger partial charge in [-0.3, -0.25) is 4.79 Å². The van der Waals surface area contributed by atoms with Gasteiger partial charge in [0.15, 0.2) is 11.5 Å². The number of benzene rings is 2. The van der Waals surface area contributed by atoms with Gasteiger partial charge in [-0.2, -0.15) is 5.10 Å². The number of ether oxygens (including phenoxy) is 2. The monoisotopic (exact) mass is 438 g/mol. The minimum atomic E-state index is -0.0495. The molecule has 2 aromatic carbocycles. The summed E-state index contributed by atoms with van der Waals surface area (Å²) in [6, 6.07) is 17.8. The summed E-state index contributed by atoms with van der Waals surface area (Å²) >= 11 is 0. The molecule has 0 bridgehead atoms. The fourth-order valence-corrected chi connectivity index (χ4v) is 4.36. The molecule has 33 heavy (non-hydrogen) atoms. The largest absolute Gasteiger partial charge is 0.454 e. The van der Waals surface area contributed by atoms with Gasteiger partial charge in [0.05, 0.1) is 24.5 Å². The van der Waals surface area contributed by atoms with Crippen molar-refractivity contribution in [3.05, 3.63) is 95.5 Å². The van der Waals surface area contributed by atoms with Gasteiger partial charge in [0.1, 0.15) is 5.82 Å². The van der Waals surface area contributed by atoms with Crippen LogP contribution in [0.4, 0.5) is 0 Å². The van der Waals surface area contributed by atoms with Crippen molar-refractivity contribution in [2.45, 2.75) is 20.0 Å². The number of hydrogen-bond acceptors (Lipinski definition) is 4. The van der Waals surface area contributed by atoms with E-state index in [1.54, 1.807) is 12.2 Å². The Morgan fingerprint density at radius 2 is 1.82 bits per heavy atom. The van der Waals surface area contributed by atoms with Crippen LogP contribution in [0.1, 0.15) is 22.4 Å². The maximum Gasteiger partial charge on any atom is 0.247 e. The average molecular weight is 438 g/mol. The number of hydrogen-bond donors (Lipinski definition) is 0. The molecule has 4 aromatic rings. The Balaban J connectivity index is 1.28. The number of aromatic nitrogens is 3. The second-order valence-electron chi connectivity index (χ2n) is 8.18. The van der Waals surface area contributed by atoms with Gasteiger partial charge in [0.25, 0.3) is 0 Å². The van der Waals surface area contributed by atoms with Crippen molar-refractivity contribution < 1.29 is 14.3 Å². The van der Waals surface area contributed by atoms with E-state index in [-0.39, 0.29) is 12.7 Å². The van der Waals surface area contributed by atoms with Crippen molar-refractivity contribution in [1.29, 1.82) is 0 Å². The lowest BCUT2D eigenvalue weighted by Crippen LogP contribution is -2.24. The summed E-state index contributed by atoms with van der Waals surface area (Å²) in [7, 11) is 0. The molecule has 0 radical (unpaired) electrons. The number of carbonyl (C=O) groups is 1. The lowest BCUT2D eigenvalue weighted by Gasteiger charge is -2.16. The van der Waals surface area contributed by atoms with E-state index < -0.39 is 0 Å². The Morgan fingerprint density at radius 3 is 2.67 bits per heavy atom. The normalized spacial score (nSPS) is 14.3. The SMILES string of the molecule is Cc1ccccc1-n1nc2c(c1-n1cccc1)CN(C(=O)C=Cc1ccc3c(c1)OCO3)C2. The second-order valence-corrected chi connectivity index (χ2v) is 8.18. The first kappa shape index (κ1) is 19.4. The molecule has 0 unspecified atom stereocenters. The van der Waals surface area contributed by atoms with Crippen LogP contribution < -0.4 is 9.47 Å². The zero-order valence-electron chi connectivity index (χ0n) is 18.1. The highest BCUT2D eigenvalue weighted by Crippen LogP contribution is 2.33. The van der Waals surface area contributed by atoms with Crippen molar-refractivity contribution in [2.75, 3.05) is 6.79 Å². The third-order valence-electron chi connectivity index (χ3n) is 6.05. The fourth-order valence-electron chi connectivity index (χ4n) is 4.36. The number of rotatable bonds is 4. The van der Waals surface area contributed by atoms with Crippen LogP contribution in [-0.2, 0) is 17.9 Å². The molecule has 164 valence electrons. The van der Waals surface area contributed by atoms with E-state index in [9.17, 15) is 4.79 Å². The Morgan fingerprint density at radius 1 is 1.00 bits per heavy atom. The predicted molar refractivity (Wildman–Crippen MR) is 123 cm³/mol. The smallest absolute Gasteiger partial charge is 0.247 e. The molecular weight excluding hydrogens is 416 g/mol. The highest BCUT2D eigenvalue weighted by molar-refractivity contribution is 5.92. The van der Waals surface area contributed by atoms with Crippen molar-refractivity contribution in [2.24, 2.45) is 0 Å². The number of amides is 1. The summed E-state index contributed by atoms with van der Waals surface area (Å²) in [6.45, 7) is 3.31.